The Hall–Kier alpha value is -1.88. The molecule has 2 nitrogen and oxygen atoms in total. The minimum Gasteiger partial charge on any atom is -0.296 e. The molecule has 5 heteroatoms. The molecular formula is C17H17F3N2. The van der Waals surface area contributed by atoms with Crippen molar-refractivity contribution in [2.75, 3.05) is 13.1 Å². The third-order valence-corrected chi connectivity index (χ3v) is 4.12. The molecule has 1 fully saturated rings. The Balaban J connectivity index is 1.70. The van der Waals surface area contributed by atoms with Gasteiger partial charge < -0.3 is 0 Å². The fraction of sp³-hybridized carbons (Fsp3) is 0.353. The van der Waals surface area contributed by atoms with Crippen LogP contribution in [0.4, 0.5) is 13.2 Å². The topological polar surface area (TPSA) is 16.1 Å². The smallest absolute Gasteiger partial charge is 0.141 e. The second kappa shape index (κ2) is 6.48. The summed E-state index contributed by atoms with van der Waals surface area (Å²) in [6, 6.07) is 6.55. The van der Waals surface area contributed by atoms with Gasteiger partial charge in [0.2, 0.25) is 0 Å². The monoisotopic (exact) mass is 306 g/mol. The molecule has 2 aromatic rings. The van der Waals surface area contributed by atoms with Gasteiger partial charge in [0.25, 0.3) is 0 Å². The number of hydrogen-bond donors (Lipinski definition) is 0. The first kappa shape index (κ1) is 15.0. The molecule has 0 aliphatic carbocycles. The van der Waals surface area contributed by atoms with Crippen LogP contribution in [-0.4, -0.2) is 23.0 Å². The number of likely N-dealkylation sites (tertiary alicyclic amines) is 1. The van der Waals surface area contributed by atoms with Gasteiger partial charge in [-0.3, -0.25) is 9.88 Å². The molecule has 1 aliphatic heterocycles. The fourth-order valence-electron chi connectivity index (χ4n) is 3.03. The zero-order valence-electron chi connectivity index (χ0n) is 12.1. The van der Waals surface area contributed by atoms with Gasteiger partial charge in [-0.1, -0.05) is 0 Å². The molecule has 1 aromatic heterocycles. The summed E-state index contributed by atoms with van der Waals surface area (Å²) in [6.07, 6.45) is 3.63. The fourth-order valence-corrected chi connectivity index (χ4v) is 3.03. The molecule has 116 valence electrons. The lowest BCUT2D eigenvalue weighted by Crippen LogP contribution is -2.26. The van der Waals surface area contributed by atoms with Crippen molar-refractivity contribution in [1.82, 2.24) is 9.88 Å². The summed E-state index contributed by atoms with van der Waals surface area (Å²) in [7, 11) is 0. The maximum absolute atomic E-state index is 14.0. The molecule has 2 heterocycles. The zero-order valence-corrected chi connectivity index (χ0v) is 12.1. The first-order valence-corrected chi connectivity index (χ1v) is 7.43. The van der Waals surface area contributed by atoms with E-state index < -0.39 is 5.82 Å². The van der Waals surface area contributed by atoms with Crippen LogP contribution in [0.1, 0.15) is 30.1 Å². The molecule has 1 atom stereocenters. The van der Waals surface area contributed by atoms with Crippen LogP contribution in [0.5, 0.6) is 0 Å². The SMILES string of the molecule is Fc1ccc(CCN2CCC[C@@H]2c2cc(F)ccc2F)nc1. The van der Waals surface area contributed by atoms with E-state index in [-0.39, 0.29) is 17.7 Å². The number of pyridine rings is 1. The number of rotatable bonds is 4. The summed E-state index contributed by atoms with van der Waals surface area (Å²) < 4.78 is 40.2. The average molecular weight is 306 g/mol. The van der Waals surface area contributed by atoms with E-state index in [2.05, 4.69) is 9.88 Å². The van der Waals surface area contributed by atoms with E-state index in [0.29, 0.717) is 18.5 Å². The molecule has 3 rings (SSSR count). The highest BCUT2D eigenvalue weighted by atomic mass is 19.1. The second-order valence-corrected chi connectivity index (χ2v) is 5.58. The number of hydrogen-bond acceptors (Lipinski definition) is 2. The van der Waals surface area contributed by atoms with E-state index in [4.69, 9.17) is 0 Å². The molecule has 0 spiro atoms. The Morgan fingerprint density at radius 1 is 1.09 bits per heavy atom. The first-order chi connectivity index (χ1) is 10.6. The summed E-state index contributed by atoms with van der Waals surface area (Å²) in [5.41, 5.74) is 1.22. The maximum atomic E-state index is 14.0. The number of aromatic nitrogens is 1. The van der Waals surface area contributed by atoms with E-state index in [9.17, 15) is 13.2 Å². The zero-order chi connectivity index (χ0) is 15.5. The van der Waals surface area contributed by atoms with Crippen LogP contribution in [0.2, 0.25) is 0 Å². The quantitative estimate of drug-likeness (QED) is 0.852. The molecule has 0 bridgehead atoms. The molecule has 0 radical (unpaired) electrons. The maximum Gasteiger partial charge on any atom is 0.141 e. The van der Waals surface area contributed by atoms with Crippen molar-refractivity contribution in [1.29, 1.82) is 0 Å². The summed E-state index contributed by atoms with van der Waals surface area (Å²) in [5, 5.41) is 0. The normalized spacial score (nSPS) is 18.8. The van der Waals surface area contributed by atoms with Gasteiger partial charge in [-0.2, -0.15) is 0 Å². The van der Waals surface area contributed by atoms with Crippen molar-refractivity contribution in [3.05, 3.63) is 65.2 Å². The van der Waals surface area contributed by atoms with Gasteiger partial charge in [0.1, 0.15) is 17.5 Å². The molecule has 1 saturated heterocycles. The summed E-state index contributed by atoms with van der Waals surface area (Å²) in [5.74, 6) is -1.13. The predicted molar refractivity (Wildman–Crippen MR) is 77.8 cm³/mol. The minimum atomic E-state index is -0.413. The Kier molecular flexibility index (Phi) is 4.43. The molecule has 0 N–H and O–H groups in total. The van der Waals surface area contributed by atoms with Gasteiger partial charge in [0, 0.05) is 30.3 Å². The van der Waals surface area contributed by atoms with Crippen molar-refractivity contribution in [3.8, 4) is 0 Å². The Labute approximate surface area is 127 Å². The van der Waals surface area contributed by atoms with Crippen LogP contribution in [0.25, 0.3) is 0 Å². The Morgan fingerprint density at radius 3 is 2.68 bits per heavy atom. The van der Waals surface area contributed by atoms with Crippen LogP contribution >= 0.6 is 0 Å². The van der Waals surface area contributed by atoms with Crippen LogP contribution in [-0.2, 0) is 6.42 Å². The third-order valence-electron chi connectivity index (χ3n) is 4.12. The van der Waals surface area contributed by atoms with Crippen LogP contribution < -0.4 is 0 Å². The largest absolute Gasteiger partial charge is 0.296 e. The molecule has 0 amide bonds. The van der Waals surface area contributed by atoms with Gasteiger partial charge in [-0.25, -0.2) is 13.2 Å². The van der Waals surface area contributed by atoms with Gasteiger partial charge in [-0.15, -0.1) is 0 Å². The van der Waals surface area contributed by atoms with Crippen molar-refractivity contribution >= 4 is 0 Å². The van der Waals surface area contributed by atoms with Crippen molar-refractivity contribution in [2.24, 2.45) is 0 Å². The highest BCUT2D eigenvalue weighted by Gasteiger charge is 2.28. The summed E-state index contributed by atoms with van der Waals surface area (Å²) in [6.45, 7) is 1.54. The van der Waals surface area contributed by atoms with Gasteiger partial charge >= 0.3 is 0 Å². The minimum absolute atomic E-state index is 0.101. The number of benzene rings is 1. The lowest BCUT2D eigenvalue weighted by Gasteiger charge is -2.25. The van der Waals surface area contributed by atoms with Gasteiger partial charge in [-0.05, 0) is 49.7 Å². The second-order valence-electron chi connectivity index (χ2n) is 5.58. The lowest BCUT2D eigenvalue weighted by atomic mass is 10.0. The highest BCUT2D eigenvalue weighted by Crippen LogP contribution is 2.33. The van der Waals surface area contributed by atoms with Crippen molar-refractivity contribution in [3.63, 3.8) is 0 Å². The van der Waals surface area contributed by atoms with E-state index in [1.54, 1.807) is 6.07 Å². The van der Waals surface area contributed by atoms with E-state index in [0.717, 1.165) is 31.1 Å². The van der Waals surface area contributed by atoms with Crippen molar-refractivity contribution < 1.29 is 13.2 Å². The van der Waals surface area contributed by atoms with E-state index in [1.807, 2.05) is 0 Å². The van der Waals surface area contributed by atoms with Gasteiger partial charge in [0.05, 0.1) is 6.20 Å². The van der Waals surface area contributed by atoms with E-state index >= 15 is 0 Å². The summed E-state index contributed by atoms with van der Waals surface area (Å²) >= 11 is 0. The first-order valence-electron chi connectivity index (χ1n) is 7.43. The standard InChI is InChI=1S/C17H17F3N2/c18-12-4-6-16(20)15(10-12)17-2-1-8-22(17)9-7-14-5-3-13(19)11-21-14/h3-6,10-11,17H,1-2,7-9H2/t17-/m1/s1. The highest BCUT2D eigenvalue weighted by molar-refractivity contribution is 5.23. The van der Waals surface area contributed by atoms with Crippen molar-refractivity contribution in [2.45, 2.75) is 25.3 Å². The van der Waals surface area contributed by atoms with Gasteiger partial charge in [0.15, 0.2) is 0 Å². The molecule has 0 saturated carbocycles. The number of nitrogens with zero attached hydrogens (tertiary/aromatic N) is 2. The van der Waals surface area contributed by atoms with E-state index in [1.165, 1.54) is 24.4 Å². The summed E-state index contributed by atoms with van der Waals surface area (Å²) in [4.78, 5) is 6.17. The molecule has 22 heavy (non-hydrogen) atoms. The molecule has 1 aromatic carbocycles. The Morgan fingerprint density at radius 2 is 1.91 bits per heavy atom. The average Bonchev–Trinajstić information content (AvgIpc) is 2.97. The number of halogens is 3. The van der Waals surface area contributed by atoms with Crippen LogP contribution in [0, 0.1) is 17.5 Å². The predicted octanol–water partition coefficient (Wildman–Crippen LogP) is 3.88. The van der Waals surface area contributed by atoms with Crippen LogP contribution in [0.3, 0.4) is 0 Å². The Bertz CT molecular complexity index is 643. The van der Waals surface area contributed by atoms with Crippen LogP contribution in [0.15, 0.2) is 36.5 Å². The molecule has 0 unspecified atom stereocenters. The lowest BCUT2D eigenvalue weighted by molar-refractivity contribution is 0.254. The third kappa shape index (κ3) is 3.30. The molecule has 1 aliphatic rings. The molecular weight excluding hydrogens is 289 g/mol.